The van der Waals surface area contributed by atoms with Gasteiger partial charge in [-0.3, -0.25) is 0 Å². The number of esters is 1. The summed E-state index contributed by atoms with van der Waals surface area (Å²) in [7, 11) is 1.37. The van der Waals surface area contributed by atoms with E-state index in [1.165, 1.54) is 18.4 Å². The van der Waals surface area contributed by atoms with Crippen LogP contribution in [0.3, 0.4) is 0 Å². The van der Waals surface area contributed by atoms with Gasteiger partial charge in [0.25, 0.3) is 0 Å². The molecule has 40 heavy (non-hydrogen) atoms. The third kappa shape index (κ3) is 4.36. The van der Waals surface area contributed by atoms with Gasteiger partial charge in [-0.05, 0) is 80.7 Å². The van der Waals surface area contributed by atoms with Gasteiger partial charge in [-0.25, -0.2) is 9.78 Å². The number of methoxy groups -OCH3 is 1. The predicted octanol–water partition coefficient (Wildman–Crippen LogP) is 7.52. The number of aliphatic hydroxyl groups is 1. The molecule has 2 unspecified atom stereocenters. The fourth-order valence-electron chi connectivity index (χ4n) is 6.58. The number of benzene rings is 2. The van der Waals surface area contributed by atoms with Crippen molar-refractivity contribution in [3.05, 3.63) is 68.3 Å². The summed E-state index contributed by atoms with van der Waals surface area (Å²) in [5, 5.41) is 18.2. The SMILES string of the molecule is COC(=O)c1ccc2nc(C3(O)[C@@H]4CC[C@H]3CC(OCc3c(-c5c(Cl)cccc5Cl)noc3C3CC3)C4)sc2c1. The van der Waals surface area contributed by atoms with E-state index in [4.69, 9.17) is 42.2 Å². The Hall–Kier alpha value is -2.49. The highest BCUT2D eigenvalue weighted by molar-refractivity contribution is 7.18. The highest BCUT2D eigenvalue weighted by atomic mass is 35.5. The topological polar surface area (TPSA) is 94.7 Å². The lowest BCUT2D eigenvalue weighted by Gasteiger charge is -2.41. The van der Waals surface area contributed by atoms with Gasteiger partial charge >= 0.3 is 5.97 Å². The number of hydrogen-bond donors (Lipinski definition) is 1. The summed E-state index contributed by atoms with van der Waals surface area (Å²) in [6, 6.07) is 10.7. The van der Waals surface area contributed by atoms with Crippen LogP contribution in [0.15, 0.2) is 40.9 Å². The molecule has 0 aliphatic heterocycles. The van der Waals surface area contributed by atoms with Crippen LogP contribution in [0.2, 0.25) is 10.0 Å². The van der Waals surface area contributed by atoms with Crippen molar-refractivity contribution in [2.45, 2.75) is 62.8 Å². The number of rotatable bonds is 7. The Balaban J connectivity index is 1.12. The van der Waals surface area contributed by atoms with E-state index in [-0.39, 0.29) is 23.9 Å². The number of ether oxygens (including phenoxy) is 2. The first-order valence-corrected chi connectivity index (χ1v) is 15.2. The lowest BCUT2D eigenvalue weighted by Crippen LogP contribution is -2.44. The lowest BCUT2D eigenvalue weighted by molar-refractivity contribution is -0.116. The Kier molecular flexibility index (Phi) is 6.67. The van der Waals surface area contributed by atoms with Crippen LogP contribution in [-0.2, 0) is 21.7 Å². The van der Waals surface area contributed by atoms with Crippen molar-refractivity contribution in [2.24, 2.45) is 11.8 Å². The zero-order valence-electron chi connectivity index (χ0n) is 21.9. The van der Waals surface area contributed by atoms with E-state index in [0.717, 1.165) is 65.1 Å². The summed E-state index contributed by atoms with van der Waals surface area (Å²) in [5.74, 6) is 0.917. The van der Waals surface area contributed by atoms with Crippen molar-refractivity contribution in [3.63, 3.8) is 0 Å². The molecule has 0 amide bonds. The maximum absolute atomic E-state index is 12.1. The molecule has 3 fully saturated rings. The summed E-state index contributed by atoms with van der Waals surface area (Å²) in [5.41, 5.74) is 2.50. The van der Waals surface area contributed by atoms with Crippen molar-refractivity contribution in [1.82, 2.24) is 10.1 Å². The third-order valence-corrected chi connectivity index (χ3v) is 10.6. The molecule has 0 saturated heterocycles. The van der Waals surface area contributed by atoms with E-state index in [9.17, 15) is 9.90 Å². The highest BCUT2D eigenvalue weighted by Gasteiger charge is 2.56. The van der Waals surface area contributed by atoms with Gasteiger partial charge in [-0.2, -0.15) is 0 Å². The Labute approximate surface area is 245 Å². The quantitative estimate of drug-likeness (QED) is 0.220. The molecule has 208 valence electrons. The van der Waals surface area contributed by atoms with E-state index in [1.807, 2.05) is 12.1 Å². The zero-order valence-corrected chi connectivity index (χ0v) is 24.2. The summed E-state index contributed by atoms with van der Waals surface area (Å²) in [4.78, 5) is 16.8. The molecule has 3 aliphatic rings. The number of carbonyl (C=O) groups excluding carboxylic acids is 1. The van der Waals surface area contributed by atoms with Gasteiger partial charge in [0, 0.05) is 17.0 Å². The molecule has 2 aromatic carbocycles. The molecule has 2 heterocycles. The molecule has 1 N–H and O–H groups in total. The lowest BCUT2D eigenvalue weighted by atomic mass is 9.73. The second-order valence-corrected chi connectivity index (χ2v) is 13.0. The van der Waals surface area contributed by atoms with Crippen LogP contribution < -0.4 is 0 Å². The monoisotopic (exact) mass is 598 g/mol. The molecule has 2 bridgehead atoms. The summed E-state index contributed by atoms with van der Waals surface area (Å²) in [6.07, 6.45) is 5.46. The number of aromatic nitrogens is 2. The number of thiazole rings is 1. The van der Waals surface area contributed by atoms with E-state index in [1.54, 1.807) is 24.3 Å². The van der Waals surface area contributed by atoms with Crippen molar-refractivity contribution < 1.29 is 23.9 Å². The van der Waals surface area contributed by atoms with Gasteiger partial charge in [0.2, 0.25) is 0 Å². The first kappa shape index (κ1) is 26.4. The molecule has 3 saturated carbocycles. The molecule has 10 heteroatoms. The van der Waals surface area contributed by atoms with Crippen molar-refractivity contribution >= 4 is 50.7 Å². The number of hydrogen-bond acceptors (Lipinski definition) is 8. The molecular formula is C30H28Cl2N2O5S. The molecule has 3 aliphatic carbocycles. The van der Waals surface area contributed by atoms with Crippen molar-refractivity contribution in [1.29, 1.82) is 0 Å². The van der Waals surface area contributed by atoms with Crippen LogP contribution in [0.4, 0.5) is 0 Å². The average molecular weight is 600 g/mol. The maximum Gasteiger partial charge on any atom is 0.337 e. The van der Waals surface area contributed by atoms with E-state index in [0.29, 0.717) is 39.4 Å². The fraction of sp³-hybridized carbons (Fsp3) is 0.433. The summed E-state index contributed by atoms with van der Waals surface area (Å²) >= 11 is 14.5. The van der Waals surface area contributed by atoms with Crippen LogP contribution in [0.5, 0.6) is 0 Å². The molecule has 4 aromatic rings. The predicted molar refractivity (Wildman–Crippen MR) is 153 cm³/mol. The Morgan fingerprint density at radius 1 is 1.12 bits per heavy atom. The number of nitrogens with zero attached hydrogens (tertiary/aromatic N) is 2. The van der Waals surface area contributed by atoms with Crippen molar-refractivity contribution in [2.75, 3.05) is 7.11 Å². The average Bonchev–Trinajstić information content (AvgIpc) is 3.53. The van der Waals surface area contributed by atoms with Gasteiger partial charge < -0.3 is 19.1 Å². The molecule has 7 rings (SSSR count). The van der Waals surface area contributed by atoms with Gasteiger partial charge in [0.15, 0.2) is 0 Å². The third-order valence-electron chi connectivity index (χ3n) is 8.78. The molecule has 7 nitrogen and oxygen atoms in total. The molecule has 4 atom stereocenters. The minimum atomic E-state index is -0.998. The van der Waals surface area contributed by atoms with E-state index >= 15 is 0 Å². The minimum Gasteiger partial charge on any atom is -0.465 e. The standard InChI is InChI=1S/C30H28Cl2N2O5S/c1-37-28(35)16-7-10-23-24(11-16)40-29(33-23)30(36)17-8-9-18(30)13-19(12-17)38-14-20-26(34-39-27(20)15-5-6-15)25-21(31)3-2-4-22(25)32/h2-4,7,10-11,15,17-19,36H,5-6,8-9,12-14H2,1H3/t17-,18+,19?,30?. The van der Waals surface area contributed by atoms with Crippen molar-refractivity contribution in [3.8, 4) is 11.3 Å². The second kappa shape index (κ2) is 10.1. The molecular weight excluding hydrogens is 571 g/mol. The number of carbonyl (C=O) groups is 1. The van der Waals surface area contributed by atoms with Gasteiger partial charge in [-0.1, -0.05) is 34.4 Å². The fourth-order valence-corrected chi connectivity index (χ4v) is 8.41. The van der Waals surface area contributed by atoms with Crippen LogP contribution in [0, 0.1) is 11.8 Å². The normalized spacial score (nSPS) is 25.9. The highest BCUT2D eigenvalue weighted by Crippen LogP contribution is 2.57. The van der Waals surface area contributed by atoms with Crippen LogP contribution in [0.25, 0.3) is 21.5 Å². The first-order valence-electron chi connectivity index (χ1n) is 13.6. The Bertz CT molecular complexity index is 1580. The Morgan fingerprint density at radius 2 is 1.85 bits per heavy atom. The molecule has 0 radical (unpaired) electrons. The van der Waals surface area contributed by atoms with Crippen LogP contribution in [-0.4, -0.2) is 34.4 Å². The first-order chi connectivity index (χ1) is 19.4. The summed E-state index contributed by atoms with van der Waals surface area (Å²) < 4.78 is 18.1. The Morgan fingerprint density at radius 3 is 2.52 bits per heavy atom. The van der Waals surface area contributed by atoms with Gasteiger partial charge in [0.05, 0.1) is 45.6 Å². The van der Waals surface area contributed by atoms with Crippen LogP contribution >= 0.6 is 34.5 Å². The second-order valence-electron chi connectivity index (χ2n) is 11.1. The minimum absolute atomic E-state index is 0.00500. The van der Waals surface area contributed by atoms with Gasteiger partial charge in [-0.15, -0.1) is 11.3 Å². The number of fused-ring (bicyclic) bond motifs is 3. The van der Waals surface area contributed by atoms with E-state index < -0.39 is 5.60 Å². The maximum atomic E-state index is 12.1. The van der Waals surface area contributed by atoms with Crippen LogP contribution in [0.1, 0.15) is 71.1 Å². The molecule has 2 aromatic heterocycles. The zero-order chi connectivity index (χ0) is 27.6. The van der Waals surface area contributed by atoms with Gasteiger partial charge in [0.1, 0.15) is 22.1 Å². The number of halogens is 2. The largest absolute Gasteiger partial charge is 0.465 e. The molecule has 0 spiro atoms. The van der Waals surface area contributed by atoms with E-state index in [2.05, 4.69) is 5.16 Å². The summed E-state index contributed by atoms with van der Waals surface area (Å²) in [6.45, 7) is 0.353. The smallest absolute Gasteiger partial charge is 0.337 e.